The molecule has 0 radical (unpaired) electrons. The molecule has 0 spiro atoms. The van der Waals surface area contributed by atoms with E-state index in [1.807, 2.05) is 35.2 Å². The highest BCUT2D eigenvalue weighted by atomic mass is 16.3. The van der Waals surface area contributed by atoms with E-state index in [1.165, 1.54) is 0 Å². The molecule has 2 aliphatic rings. The van der Waals surface area contributed by atoms with Crippen LogP contribution in [-0.2, 0) is 10.4 Å². The molecule has 0 aromatic heterocycles. The molecule has 138 valence electrons. The molecule has 0 bridgehead atoms. The summed E-state index contributed by atoms with van der Waals surface area (Å²) in [5.74, 6) is -0.0380. The molecule has 3 rings (SSSR count). The smallest absolute Gasteiger partial charge is 0.259 e. The third-order valence-corrected chi connectivity index (χ3v) is 6.33. The Bertz CT molecular complexity index is 582. The Morgan fingerprint density at radius 2 is 1.60 bits per heavy atom. The van der Waals surface area contributed by atoms with Gasteiger partial charge >= 0.3 is 0 Å². The molecule has 1 saturated carbocycles. The van der Waals surface area contributed by atoms with Crippen molar-refractivity contribution in [1.29, 1.82) is 0 Å². The van der Waals surface area contributed by atoms with Crippen molar-refractivity contribution in [2.75, 3.05) is 34.2 Å². The third kappa shape index (κ3) is 3.61. The zero-order valence-electron chi connectivity index (χ0n) is 15.9. The summed E-state index contributed by atoms with van der Waals surface area (Å²) in [4.78, 5) is 15.3. The Morgan fingerprint density at radius 1 is 1.04 bits per heavy atom. The average molecular weight is 346 g/mol. The first kappa shape index (κ1) is 18.4. The molecule has 1 aromatic carbocycles. The standard InChI is InChI=1S/C21H33N2O2/c1-23(2,3)19-13-15-22(16-14-19)20(24)21(25,18-11-7-8-12-18)17-9-5-4-6-10-17/h4-6,9-10,18-19,25H,7-8,11-16H2,1-3H3/q+1. The maximum atomic E-state index is 13.4. The molecular formula is C21H33N2O2+. The number of hydrogen-bond donors (Lipinski definition) is 1. The van der Waals surface area contributed by atoms with Gasteiger partial charge in [0, 0.05) is 31.8 Å². The SMILES string of the molecule is C[N+](C)(C)C1CCN(C(=O)C(O)(c2ccccc2)C2CCCC2)CC1. The fourth-order valence-corrected chi connectivity index (χ4v) is 4.65. The van der Waals surface area contributed by atoms with Crippen LogP contribution in [0, 0.1) is 5.92 Å². The Kier molecular flexibility index (Phi) is 5.21. The fraction of sp³-hybridized carbons (Fsp3) is 0.667. The van der Waals surface area contributed by atoms with E-state index < -0.39 is 5.60 Å². The Morgan fingerprint density at radius 3 is 2.12 bits per heavy atom. The highest BCUT2D eigenvalue weighted by Gasteiger charge is 2.49. The first-order valence-corrected chi connectivity index (χ1v) is 9.72. The van der Waals surface area contributed by atoms with Crippen molar-refractivity contribution in [2.45, 2.75) is 50.2 Å². The zero-order valence-corrected chi connectivity index (χ0v) is 15.9. The minimum Gasteiger partial charge on any atom is -0.375 e. The van der Waals surface area contributed by atoms with Crippen molar-refractivity contribution in [1.82, 2.24) is 4.90 Å². The van der Waals surface area contributed by atoms with Gasteiger partial charge in [0.15, 0.2) is 5.60 Å². The number of carbonyl (C=O) groups excluding carboxylic acids is 1. The summed E-state index contributed by atoms with van der Waals surface area (Å²) in [6, 6.07) is 10.2. The molecule has 1 amide bonds. The highest BCUT2D eigenvalue weighted by Crippen LogP contribution is 2.42. The minimum atomic E-state index is -1.36. The lowest BCUT2D eigenvalue weighted by Crippen LogP contribution is -2.56. The van der Waals surface area contributed by atoms with E-state index in [9.17, 15) is 9.90 Å². The lowest BCUT2D eigenvalue weighted by molar-refractivity contribution is -0.897. The van der Waals surface area contributed by atoms with Crippen LogP contribution in [0.4, 0.5) is 0 Å². The summed E-state index contributed by atoms with van der Waals surface area (Å²) in [7, 11) is 6.67. The third-order valence-electron chi connectivity index (χ3n) is 6.33. The molecule has 4 nitrogen and oxygen atoms in total. The molecule has 1 heterocycles. The molecule has 4 heteroatoms. The van der Waals surface area contributed by atoms with Crippen LogP contribution in [0.25, 0.3) is 0 Å². The van der Waals surface area contributed by atoms with Gasteiger partial charge in [-0.2, -0.15) is 0 Å². The number of benzene rings is 1. The molecule has 1 aliphatic heterocycles. The van der Waals surface area contributed by atoms with E-state index in [-0.39, 0.29) is 11.8 Å². The summed E-state index contributed by atoms with van der Waals surface area (Å²) in [6.07, 6.45) is 6.10. The summed E-state index contributed by atoms with van der Waals surface area (Å²) >= 11 is 0. The number of likely N-dealkylation sites (tertiary alicyclic amines) is 1. The van der Waals surface area contributed by atoms with Gasteiger partial charge in [0.25, 0.3) is 5.91 Å². The zero-order chi connectivity index (χ0) is 18.1. The summed E-state index contributed by atoms with van der Waals surface area (Å²) in [6.45, 7) is 1.50. The van der Waals surface area contributed by atoms with Gasteiger partial charge < -0.3 is 14.5 Å². The predicted octanol–water partition coefficient (Wildman–Crippen LogP) is 2.76. The normalized spacial score (nSPS) is 22.8. The van der Waals surface area contributed by atoms with Crippen molar-refractivity contribution in [2.24, 2.45) is 5.92 Å². The molecule has 1 aromatic rings. The lowest BCUT2D eigenvalue weighted by atomic mass is 9.78. The maximum Gasteiger partial charge on any atom is 0.259 e. The molecule has 1 saturated heterocycles. The summed E-state index contributed by atoms with van der Waals surface area (Å²) in [5.41, 5.74) is -0.595. The van der Waals surface area contributed by atoms with Crippen LogP contribution in [0.3, 0.4) is 0 Å². The first-order valence-electron chi connectivity index (χ1n) is 9.72. The van der Waals surface area contributed by atoms with Crippen LogP contribution in [0.1, 0.15) is 44.1 Å². The van der Waals surface area contributed by atoms with Crippen molar-refractivity contribution >= 4 is 5.91 Å². The van der Waals surface area contributed by atoms with E-state index in [1.54, 1.807) is 0 Å². The van der Waals surface area contributed by atoms with Gasteiger partial charge in [-0.15, -0.1) is 0 Å². The van der Waals surface area contributed by atoms with Crippen LogP contribution >= 0.6 is 0 Å². The minimum absolute atomic E-state index is 0.0403. The van der Waals surface area contributed by atoms with Gasteiger partial charge in [-0.1, -0.05) is 43.2 Å². The molecule has 1 atom stereocenters. The first-order chi connectivity index (χ1) is 11.8. The molecule has 2 fully saturated rings. The number of rotatable bonds is 4. The van der Waals surface area contributed by atoms with Gasteiger partial charge in [-0.25, -0.2) is 0 Å². The summed E-state index contributed by atoms with van der Waals surface area (Å²) in [5, 5.41) is 11.6. The van der Waals surface area contributed by atoms with E-state index in [0.717, 1.165) is 61.7 Å². The van der Waals surface area contributed by atoms with E-state index >= 15 is 0 Å². The second-order valence-electron chi connectivity index (χ2n) is 8.75. The second-order valence-corrected chi connectivity index (χ2v) is 8.75. The van der Waals surface area contributed by atoms with Gasteiger partial charge in [-0.05, 0) is 18.4 Å². The summed E-state index contributed by atoms with van der Waals surface area (Å²) < 4.78 is 0.938. The monoisotopic (exact) mass is 345 g/mol. The van der Waals surface area contributed by atoms with Crippen LogP contribution < -0.4 is 0 Å². The molecular weight excluding hydrogens is 312 g/mol. The van der Waals surface area contributed by atoms with Gasteiger partial charge in [0.2, 0.25) is 0 Å². The predicted molar refractivity (Wildman–Crippen MR) is 99.9 cm³/mol. The Labute approximate surface area is 152 Å². The van der Waals surface area contributed by atoms with Gasteiger partial charge in [0.1, 0.15) is 0 Å². The van der Waals surface area contributed by atoms with Crippen molar-refractivity contribution in [3.8, 4) is 0 Å². The highest BCUT2D eigenvalue weighted by molar-refractivity contribution is 5.87. The number of piperidine rings is 1. The molecule has 25 heavy (non-hydrogen) atoms. The second kappa shape index (κ2) is 7.08. The van der Waals surface area contributed by atoms with E-state index in [2.05, 4.69) is 21.1 Å². The Hall–Kier alpha value is -1.39. The lowest BCUT2D eigenvalue weighted by Gasteiger charge is -2.43. The van der Waals surface area contributed by atoms with Crippen molar-refractivity contribution in [3.05, 3.63) is 35.9 Å². The number of nitrogens with zero attached hydrogens (tertiary/aromatic N) is 2. The topological polar surface area (TPSA) is 40.5 Å². The molecule has 1 N–H and O–H groups in total. The number of aliphatic hydroxyl groups is 1. The fourth-order valence-electron chi connectivity index (χ4n) is 4.65. The molecule has 1 unspecified atom stereocenters. The molecule has 1 aliphatic carbocycles. The van der Waals surface area contributed by atoms with Gasteiger partial charge in [-0.3, -0.25) is 4.79 Å². The number of quaternary nitrogens is 1. The number of amides is 1. The Balaban J connectivity index is 1.81. The van der Waals surface area contributed by atoms with Crippen LogP contribution in [-0.4, -0.2) is 60.7 Å². The largest absolute Gasteiger partial charge is 0.375 e. The van der Waals surface area contributed by atoms with Crippen LogP contribution in [0.15, 0.2) is 30.3 Å². The number of hydrogen-bond acceptors (Lipinski definition) is 2. The van der Waals surface area contributed by atoms with E-state index in [4.69, 9.17) is 0 Å². The number of carbonyl (C=O) groups is 1. The van der Waals surface area contributed by atoms with Crippen molar-refractivity contribution < 1.29 is 14.4 Å². The quantitative estimate of drug-likeness (QED) is 0.853. The van der Waals surface area contributed by atoms with Crippen molar-refractivity contribution in [3.63, 3.8) is 0 Å². The van der Waals surface area contributed by atoms with Gasteiger partial charge in [0.05, 0.1) is 27.2 Å². The van der Waals surface area contributed by atoms with E-state index in [0.29, 0.717) is 6.04 Å². The maximum absolute atomic E-state index is 13.4. The van der Waals surface area contributed by atoms with Crippen LogP contribution in [0.2, 0.25) is 0 Å². The van der Waals surface area contributed by atoms with Crippen LogP contribution in [0.5, 0.6) is 0 Å². The average Bonchev–Trinajstić information content (AvgIpc) is 3.16.